The Morgan fingerprint density at radius 1 is 1.39 bits per heavy atom. The summed E-state index contributed by atoms with van der Waals surface area (Å²) in [6, 6.07) is 7.79. The number of benzene rings is 1. The molecule has 4 nitrogen and oxygen atoms in total. The number of anilines is 1. The SMILES string of the molecule is CN(C)C(=O)CSc1c(N)cnc2ccccc12. The van der Waals surface area contributed by atoms with Gasteiger partial charge in [-0.25, -0.2) is 0 Å². The second-order valence-corrected chi connectivity index (χ2v) is 5.12. The molecule has 0 aliphatic heterocycles. The van der Waals surface area contributed by atoms with Crippen LogP contribution in [0.2, 0.25) is 0 Å². The fourth-order valence-corrected chi connectivity index (χ4v) is 2.63. The Morgan fingerprint density at radius 3 is 2.83 bits per heavy atom. The van der Waals surface area contributed by atoms with E-state index in [4.69, 9.17) is 5.73 Å². The van der Waals surface area contributed by atoms with Gasteiger partial charge in [-0.05, 0) is 6.07 Å². The van der Waals surface area contributed by atoms with Gasteiger partial charge in [-0.3, -0.25) is 9.78 Å². The third-order valence-electron chi connectivity index (χ3n) is 2.59. The zero-order valence-electron chi connectivity index (χ0n) is 10.4. The third-order valence-corrected chi connectivity index (χ3v) is 3.73. The molecular weight excluding hydrogens is 246 g/mol. The summed E-state index contributed by atoms with van der Waals surface area (Å²) in [5.41, 5.74) is 7.45. The van der Waals surface area contributed by atoms with Gasteiger partial charge < -0.3 is 10.6 Å². The zero-order chi connectivity index (χ0) is 13.1. The van der Waals surface area contributed by atoms with E-state index in [0.717, 1.165) is 15.8 Å². The normalized spacial score (nSPS) is 10.6. The van der Waals surface area contributed by atoms with Crippen molar-refractivity contribution >= 4 is 34.3 Å². The lowest BCUT2D eigenvalue weighted by Crippen LogP contribution is -2.23. The highest BCUT2D eigenvalue weighted by atomic mass is 32.2. The van der Waals surface area contributed by atoms with Crippen molar-refractivity contribution in [3.63, 3.8) is 0 Å². The number of nitrogens with zero attached hydrogens (tertiary/aromatic N) is 2. The number of nitrogens with two attached hydrogens (primary N) is 1. The van der Waals surface area contributed by atoms with Crippen LogP contribution in [0.15, 0.2) is 35.4 Å². The number of nitrogen functional groups attached to an aromatic ring is 1. The molecule has 0 radical (unpaired) electrons. The van der Waals surface area contributed by atoms with Gasteiger partial charge in [0.1, 0.15) is 0 Å². The summed E-state index contributed by atoms with van der Waals surface area (Å²) in [6.07, 6.45) is 1.64. The van der Waals surface area contributed by atoms with E-state index in [0.29, 0.717) is 11.4 Å². The number of hydrogen-bond donors (Lipinski definition) is 1. The fourth-order valence-electron chi connectivity index (χ4n) is 1.56. The lowest BCUT2D eigenvalue weighted by Gasteiger charge is -2.12. The topological polar surface area (TPSA) is 59.2 Å². The van der Waals surface area contributed by atoms with Crippen molar-refractivity contribution in [1.82, 2.24) is 9.88 Å². The molecule has 94 valence electrons. The van der Waals surface area contributed by atoms with E-state index in [1.807, 2.05) is 24.3 Å². The summed E-state index contributed by atoms with van der Waals surface area (Å²) in [5, 5.41) is 0.994. The van der Waals surface area contributed by atoms with Crippen molar-refractivity contribution in [2.75, 3.05) is 25.6 Å². The predicted octanol–water partition coefficient (Wildman–Crippen LogP) is 2.00. The molecule has 18 heavy (non-hydrogen) atoms. The first-order valence-corrected chi connectivity index (χ1v) is 6.54. The van der Waals surface area contributed by atoms with Crippen molar-refractivity contribution in [3.8, 4) is 0 Å². The van der Waals surface area contributed by atoms with Crippen LogP contribution in [0.25, 0.3) is 10.9 Å². The van der Waals surface area contributed by atoms with E-state index in [2.05, 4.69) is 4.98 Å². The highest BCUT2D eigenvalue weighted by Crippen LogP contribution is 2.31. The van der Waals surface area contributed by atoms with Gasteiger partial charge in [0.15, 0.2) is 0 Å². The van der Waals surface area contributed by atoms with Crippen molar-refractivity contribution in [1.29, 1.82) is 0 Å². The molecule has 0 saturated carbocycles. The maximum absolute atomic E-state index is 11.6. The largest absolute Gasteiger partial charge is 0.397 e. The number of para-hydroxylation sites is 1. The molecule has 5 heteroatoms. The number of carbonyl (C=O) groups excluding carboxylic acids is 1. The molecule has 1 heterocycles. The van der Waals surface area contributed by atoms with Crippen LogP contribution in [0.1, 0.15) is 0 Å². The number of hydrogen-bond acceptors (Lipinski definition) is 4. The Kier molecular flexibility index (Phi) is 3.72. The third kappa shape index (κ3) is 2.56. The van der Waals surface area contributed by atoms with Gasteiger partial charge in [0.2, 0.25) is 5.91 Å². The molecule has 1 aromatic heterocycles. The van der Waals surface area contributed by atoms with Crippen molar-refractivity contribution < 1.29 is 4.79 Å². The van der Waals surface area contributed by atoms with E-state index in [-0.39, 0.29) is 5.91 Å². The maximum Gasteiger partial charge on any atom is 0.232 e. The van der Waals surface area contributed by atoms with Gasteiger partial charge in [0.05, 0.1) is 23.2 Å². The van der Waals surface area contributed by atoms with Gasteiger partial charge >= 0.3 is 0 Å². The highest BCUT2D eigenvalue weighted by Gasteiger charge is 2.10. The van der Waals surface area contributed by atoms with Crippen LogP contribution in [0, 0.1) is 0 Å². The molecule has 0 aliphatic rings. The van der Waals surface area contributed by atoms with Crippen molar-refractivity contribution in [2.45, 2.75) is 4.90 Å². The predicted molar refractivity (Wildman–Crippen MR) is 75.6 cm³/mol. The molecule has 0 fully saturated rings. The Balaban J connectivity index is 2.32. The van der Waals surface area contributed by atoms with Gasteiger partial charge in [-0.1, -0.05) is 18.2 Å². The van der Waals surface area contributed by atoms with Crippen molar-refractivity contribution in [3.05, 3.63) is 30.5 Å². The number of fused-ring (bicyclic) bond motifs is 1. The molecule has 0 unspecified atom stereocenters. The average molecular weight is 261 g/mol. The highest BCUT2D eigenvalue weighted by molar-refractivity contribution is 8.00. The Labute approximate surface area is 110 Å². The minimum atomic E-state index is 0.0697. The summed E-state index contributed by atoms with van der Waals surface area (Å²) in [7, 11) is 3.49. The van der Waals surface area contributed by atoms with Gasteiger partial charge in [-0.15, -0.1) is 11.8 Å². The molecule has 1 amide bonds. The molecule has 2 N–H and O–H groups in total. The van der Waals surface area contributed by atoms with E-state index < -0.39 is 0 Å². The summed E-state index contributed by atoms with van der Waals surface area (Å²) in [5.74, 6) is 0.450. The van der Waals surface area contributed by atoms with Crippen LogP contribution in [0.3, 0.4) is 0 Å². The Hall–Kier alpha value is -1.75. The first-order chi connectivity index (χ1) is 8.59. The quantitative estimate of drug-likeness (QED) is 0.858. The minimum Gasteiger partial charge on any atom is -0.397 e. The van der Waals surface area contributed by atoms with Gasteiger partial charge in [0.25, 0.3) is 0 Å². The molecule has 0 atom stereocenters. The molecule has 1 aromatic carbocycles. The van der Waals surface area contributed by atoms with Gasteiger partial charge in [0, 0.05) is 24.4 Å². The Morgan fingerprint density at radius 2 is 2.11 bits per heavy atom. The van der Waals surface area contributed by atoms with E-state index in [1.54, 1.807) is 25.2 Å². The summed E-state index contributed by atoms with van der Waals surface area (Å²) in [6.45, 7) is 0. The molecular formula is C13H15N3OS. The number of pyridine rings is 1. The molecule has 0 bridgehead atoms. The van der Waals surface area contributed by atoms with E-state index in [1.165, 1.54) is 11.8 Å². The fraction of sp³-hybridized carbons (Fsp3) is 0.231. The first kappa shape index (κ1) is 12.7. The number of aromatic nitrogens is 1. The molecule has 2 rings (SSSR count). The van der Waals surface area contributed by atoms with Crippen LogP contribution in [0.4, 0.5) is 5.69 Å². The lowest BCUT2D eigenvalue weighted by atomic mass is 10.2. The molecule has 0 aliphatic carbocycles. The number of thioether (sulfide) groups is 1. The Bertz CT molecular complexity index is 583. The van der Waals surface area contributed by atoms with Gasteiger partial charge in [-0.2, -0.15) is 0 Å². The van der Waals surface area contributed by atoms with Crippen molar-refractivity contribution in [2.24, 2.45) is 0 Å². The second kappa shape index (κ2) is 5.27. The first-order valence-electron chi connectivity index (χ1n) is 5.56. The van der Waals surface area contributed by atoms with Crippen LogP contribution >= 0.6 is 11.8 Å². The standard InChI is InChI=1S/C13H15N3OS/c1-16(2)12(17)8-18-13-9-5-3-4-6-11(9)15-7-10(13)14/h3-7H,8,14H2,1-2H3. The molecule has 2 aromatic rings. The van der Waals surface area contributed by atoms with Crippen LogP contribution < -0.4 is 5.73 Å². The van der Waals surface area contributed by atoms with E-state index in [9.17, 15) is 4.79 Å². The smallest absolute Gasteiger partial charge is 0.232 e. The summed E-state index contributed by atoms with van der Waals surface area (Å²) < 4.78 is 0. The zero-order valence-corrected chi connectivity index (χ0v) is 11.2. The van der Waals surface area contributed by atoms with E-state index >= 15 is 0 Å². The average Bonchev–Trinajstić information content (AvgIpc) is 2.37. The molecule has 0 saturated heterocycles. The monoisotopic (exact) mass is 261 g/mol. The number of carbonyl (C=O) groups is 1. The number of amides is 1. The van der Waals surface area contributed by atoms with Crippen LogP contribution in [-0.4, -0.2) is 35.6 Å². The minimum absolute atomic E-state index is 0.0697. The second-order valence-electron chi connectivity index (χ2n) is 4.14. The summed E-state index contributed by atoms with van der Waals surface area (Å²) in [4.78, 5) is 18.4. The van der Waals surface area contributed by atoms with Crippen LogP contribution in [-0.2, 0) is 4.79 Å². The summed E-state index contributed by atoms with van der Waals surface area (Å²) >= 11 is 1.46. The maximum atomic E-state index is 11.6. The molecule has 0 spiro atoms. The number of rotatable bonds is 3. The van der Waals surface area contributed by atoms with Crippen LogP contribution in [0.5, 0.6) is 0 Å². The lowest BCUT2D eigenvalue weighted by molar-refractivity contribution is -0.125.